The fourth-order valence-electron chi connectivity index (χ4n) is 3.03. The van der Waals surface area contributed by atoms with Crippen molar-refractivity contribution in [3.8, 4) is 5.75 Å². The fourth-order valence-corrected chi connectivity index (χ4v) is 3.03. The Morgan fingerprint density at radius 3 is 2.43 bits per heavy atom. The van der Waals surface area contributed by atoms with Crippen LogP contribution in [0.4, 0.5) is 13.2 Å². The molecule has 28 heavy (non-hydrogen) atoms. The molecule has 0 amide bonds. The normalized spacial score (nSPS) is 12.0. The lowest BCUT2D eigenvalue weighted by molar-refractivity contribution is 0.340. The van der Waals surface area contributed by atoms with E-state index in [1.54, 1.807) is 36.4 Å². The first-order valence-corrected chi connectivity index (χ1v) is 9.16. The Bertz CT molecular complexity index is 1020. The molecule has 0 aliphatic carbocycles. The van der Waals surface area contributed by atoms with Crippen LogP contribution in [0, 0.1) is 5.82 Å². The van der Waals surface area contributed by atoms with Crippen molar-refractivity contribution >= 4 is 22.4 Å². The summed E-state index contributed by atoms with van der Waals surface area (Å²) in [4.78, 5) is 0. The van der Waals surface area contributed by atoms with E-state index in [1.165, 1.54) is 24.3 Å². The summed E-state index contributed by atoms with van der Waals surface area (Å²) in [7, 11) is 0. The van der Waals surface area contributed by atoms with Crippen LogP contribution in [0.5, 0.6) is 5.75 Å². The second-order valence-electron chi connectivity index (χ2n) is 6.40. The zero-order chi connectivity index (χ0) is 20.1. The molecule has 0 fully saturated rings. The molecular formula is C24H21F3O. The van der Waals surface area contributed by atoms with E-state index >= 15 is 0 Å². The van der Waals surface area contributed by atoms with Crippen LogP contribution in [0.1, 0.15) is 30.0 Å². The molecule has 3 rings (SSSR count). The summed E-state index contributed by atoms with van der Waals surface area (Å²) in [5, 5.41) is 0.774. The highest BCUT2D eigenvalue weighted by Crippen LogP contribution is 2.34. The van der Waals surface area contributed by atoms with Gasteiger partial charge < -0.3 is 4.74 Å². The summed E-state index contributed by atoms with van der Waals surface area (Å²) in [6.45, 7) is 6.00. The first kappa shape index (κ1) is 19.7. The number of ether oxygens (including phenoxy) is 1. The Kier molecular flexibility index (Phi) is 6.19. The molecule has 0 aromatic heterocycles. The third-order valence-corrected chi connectivity index (χ3v) is 4.51. The van der Waals surface area contributed by atoms with Gasteiger partial charge in [0.15, 0.2) is 11.7 Å². The number of rotatable bonds is 7. The number of benzene rings is 3. The predicted molar refractivity (Wildman–Crippen MR) is 109 cm³/mol. The van der Waals surface area contributed by atoms with E-state index in [4.69, 9.17) is 4.74 Å². The third kappa shape index (κ3) is 4.11. The topological polar surface area (TPSA) is 9.23 Å². The Balaban J connectivity index is 1.96. The van der Waals surface area contributed by atoms with Crippen molar-refractivity contribution < 1.29 is 17.9 Å². The van der Waals surface area contributed by atoms with Gasteiger partial charge in [0.1, 0.15) is 11.6 Å². The van der Waals surface area contributed by atoms with Gasteiger partial charge in [-0.25, -0.2) is 13.2 Å². The number of allylic oxidation sites excluding steroid dienone is 1. The summed E-state index contributed by atoms with van der Waals surface area (Å²) in [5.74, 6) is -2.50. The Labute approximate surface area is 162 Å². The number of hydrogen-bond donors (Lipinski definition) is 0. The van der Waals surface area contributed by atoms with Crippen LogP contribution in [-0.4, -0.2) is 6.61 Å². The second kappa shape index (κ2) is 8.79. The van der Waals surface area contributed by atoms with Crippen LogP contribution in [0.25, 0.3) is 22.4 Å². The molecule has 0 heterocycles. The van der Waals surface area contributed by atoms with Crippen LogP contribution in [0.2, 0.25) is 0 Å². The molecule has 0 bridgehead atoms. The third-order valence-electron chi connectivity index (χ3n) is 4.51. The molecule has 0 saturated carbocycles. The van der Waals surface area contributed by atoms with Crippen LogP contribution in [0.15, 0.2) is 67.3 Å². The molecule has 0 N–H and O–H groups in total. The van der Waals surface area contributed by atoms with Gasteiger partial charge in [-0.2, -0.15) is 0 Å². The van der Waals surface area contributed by atoms with Crippen molar-refractivity contribution in [3.63, 3.8) is 0 Å². The number of hydrogen-bond acceptors (Lipinski definition) is 1. The van der Waals surface area contributed by atoms with E-state index in [0.29, 0.717) is 17.7 Å². The van der Waals surface area contributed by atoms with Gasteiger partial charge in [-0.3, -0.25) is 0 Å². The minimum absolute atomic E-state index is 0.0750. The van der Waals surface area contributed by atoms with E-state index in [1.807, 2.05) is 6.92 Å². The average molecular weight is 382 g/mol. The van der Waals surface area contributed by atoms with Crippen LogP contribution >= 0.6 is 0 Å². The van der Waals surface area contributed by atoms with E-state index in [9.17, 15) is 13.2 Å². The summed E-state index contributed by atoms with van der Waals surface area (Å²) < 4.78 is 49.6. The van der Waals surface area contributed by atoms with Gasteiger partial charge in [0.05, 0.1) is 6.61 Å². The zero-order valence-corrected chi connectivity index (χ0v) is 15.6. The van der Waals surface area contributed by atoms with E-state index in [-0.39, 0.29) is 10.9 Å². The number of fused-ring (bicyclic) bond motifs is 1. The van der Waals surface area contributed by atoms with Gasteiger partial charge in [-0.1, -0.05) is 36.4 Å². The smallest absolute Gasteiger partial charge is 0.169 e. The van der Waals surface area contributed by atoms with Crippen molar-refractivity contribution in [2.24, 2.45) is 0 Å². The predicted octanol–water partition coefficient (Wildman–Crippen LogP) is 7.26. The van der Waals surface area contributed by atoms with Gasteiger partial charge in [0.2, 0.25) is 0 Å². The SMILES string of the molecule is C=CCCc1ccc(C(F)=C(F)c2ccc3cc(OCC)ccc3c2F)cc1. The van der Waals surface area contributed by atoms with Crippen molar-refractivity contribution in [2.45, 2.75) is 19.8 Å². The molecule has 1 nitrogen and oxygen atoms in total. The quantitative estimate of drug-likeness (QED) is 0.309. The van der Waals surface area contributed by atoms with Gasteiger partial charge in [-0.05, 0) is 55.0 Å². The molecule has 0 aliphatic rings. The molecule has 144 valence electrons. The monoisotopic (exact) mass is 382 g/mol. The molecule has 3 aromatic carbocycles. The van der Waals surface area contributed by atoms with Crippen molar-refractivity contribution in [2.75, 3.05) is 6.61 Å². The van der Waals surface area contributed by atoms with Crippen molar-refractivity contribution in [1.82, 2.24) is 0 Å². The molecule has 0 atom stereocenters. The van der Waals surface area contributed by atoms with Crippen LogP contribution in [-0.2, 0) is 6.42 Å². The molecular weight excluding hydrogens is 361 g/mol. The van der Waals surface area contributed by atoms with E-state index < -0.39 is 23.0 Å². The largest absolute Gasteiger partial charge is 0.494 e. The van der Waals surface area contributed by atoms with Gasteiger partial charge in [0.25, 0.3) is 0 Å². The maximum atomic E-state index is 14.8. The highest BCUT2D eigenvalue weighted by molar-refractivity contribution is 5.91. The highest BCUT2D eigenvalue weighted by Gasteiger charge is 2.17. The number of halogens is 3. The molecule has 0 spiro atoms. The molecule has 0 unspecified atom stereocenters. The second-order valence-corrected chi connectivity index (χ2v) is 6.40. The standard InChI is InChI=1S/C24H21F3O/c1-3-5-6-16-7-9-17(10-8-16)22(25)24(27)21-13-11-18-15-19(28-4-2)12-14-20(18)23(21)26/h3,7-15H,1,4-6H2,2H3. The first-order chi connectivity index (χ1) is 13.5. The number of aryl methyl sites for hydroxylation is 1. The van der Waals surface area contributed by atoms with Gasteiger partial charge in [0, 0.05) is 16.5 Å². The van der Waals surface area contributed by atoms with Crippen LogP contribution in [0.3, 0.4) is 0 Å². The molecule has 0 radical (unpaired) electrons. The molecule has 3 aromatic rings. The van der Waals surface area contributed by atoms with E-state index in [0.717, 1.165) is 18.4 Å². The van der Waals surface area contributed by atoms with Crippen molar-refractivity contribution in [3.05, 3.63) is 89.8 Å². The molecule has 4 heteroatoms. The first-order valence-electron chi connectivity index (χ1n) is 9.16. The highest BCUT2D eigenvalue weighted by atomic mass is 19.2. The van der Waals surface area contributed by atoms with Gasteiger partial charge >= 0.3 is 0 Å². The lowest BCUT2D eigenvalue weighted by Gasteiger charge is -2.09. The van der Waals surface area contributed by atoms with Crippen molar-refractivity contribution in [1.29, 1.82) is 0 Å². The van der Waals surface area contributed by atoms with E-state index in [2.05, 4.69) is 6.58 Å². The Morgan fingerprint density at radius 1 is 1.00 bits per heavy atom. The summed E-state index contributed by atoms with van der Waals surface area (Å²) in [6, 6.07) is 14.1. The summed E-state index contributed by atoms with van der Waals surface area (Å²) in [5.41, 5.74) is 0.676. The zero-order valence-electron chi connectivity index (χ0n) is 15.6. The lowest BCUT2D eigenvalue weighted by Crippen LogP contribution is -1.94. The average Bonchev–Trinajstić information content (AvgIpc) is 2.72. The van der Waals surface area contributed by atoms with Gasteiger partial charge in [-0.15, -0.1) is 6.58 Å². The Morgan fingerprint density at radius 2 is 1.75 bits per heavy atom. The maximum Gasteiger partial charge on any atom is 0.169 e. The maximum absolute atomic E-state index is 14.8. The Hall–Kier alpha value is -3.01. The summed E-state index contributed by atoms with van der Waals surface area (Å²) in [6.07, 6.45) is 3.38. The summed E-state index contributed by atoms with van der Waals surface area (Å²) >= 11 is 0. The van der Waals surface area contributed by atoms with Crippen LogP contribution < -0.4 is 4.74 Å². The molecule has 0 aliphatic heterocycles. The minimum Gasteiger partial charge on any atom is -0.494 e. The fraction of sp³-hybridized carbons (Fsp3) is 0.167. The lowest BCUT2D eigenvalue weighted by atomic mass is 10.0. The minimum atomic E-state index is -1.22. The molecule has 0 saturated heterocycles.